The average Bonchev–Trinajstić information content (AvgIpc) is 2.33. The van der Waals surface area contributed by atoms with Crippen molar-refractivity contribution in [3.8, 4) is 0 Å². The van der Waals surface area contributed by atoms with Gasteiger partial charge in [0.15, 0.2) is 0 Å². The molecule has 1 unspecified atom stereocenters. The molecule has 2 aliphatic heterocycles. The summed E-state index contributed by atoms with van der Waals surface area (Å²) in [5.74, 6) is 0.184. The summed E-state index contributed by atoms with van der Waals surface area (Å²) in [6.45, 7) is 9.59. The minimum Gasteiger partial charge on any atom is -0.340 e. The molecule has 0 aliphatic carbocycles. The van der Waals surface area contributed by atoms with Crippen molar-refractivity contribution >= 4 is 11.8 Å². The van der Waals surface area contributed by atoms with Crippen LogP contribution in [0, 0.1) is 5.92 Å². The quantitative estimate of drug-likeness (QED) is 0.816. The first-order valence-corrected chi connectivity index (χ1v) is 7.57. The molecule has 0 bridgehead atoms. The standard InChI is InChI=1S/C15H27N3O2/c1-10(2)12-13(19)16-15(3,4)14(20)18(12)11-6-8-17(5)9-7-11/h10-12H,6-9H2,1-5H3,(H,16,19). The summed E-state index contributed by atoms with van der Waals surface area (Å²) in [4.78, 5) is 29.3. The van der Waals surface area contributed by atoms with Gasteiger partial charge in [0.25, 0.3) is 0 Å². The number of piperazine rings is 1. The predicted octanol–water partition coefficient (Wildman–Crippen LogP) is 0.842. The van der Waals surface area contributed by atoms with Crippen LogP contribution in [0.4, 0.5) is 0 Å². The van der Waals surface area contributed by atoms with Gasteiger partial charge in [0, 0.05) is 6.04 Å². The van der Waals surface area contributed by atoms with Crippen LogP contribution >= 0.6 is 0 Å². The van der Waals surface area contributed by atoms with E-state index in [2.05, 4.69) is 17.3 Å². The van der Waals surface area contributed by atoms with Gasteiger partial charge in [-0.15, -0.1) is 0 Å². The molecule has 5 heteroatoms. The summed E-state index contributed by atoms with van der Waals surface area (Å²) in [7, 11) is 2.10. The number of hydrogen-bond donors (Lipinski definition) is 1. The predicted molar refractivity (Wildman–Crippen MR) is 78.2 cm³/mol. The molecule has 1 N–H and O–H groups in total. The number of nitrogens with one attached hydrogen (secondary N) is 1. The van der Waals surface area contributed by atoms with E-state index in [4.69, 9.17) is 0 Å². The molecule has 20 heavy (non-hydrogen) atoms. The van der Waals surface area contributed by atoms with Gasteiger partial charge in [-0.2, -0.15) is 0 Å². The molecule has 0 aromatic heterocycles. The Bertz CT molecular complexity index is 398. The molecule has 0 aromatic carbocycles. The molecular formula is C15H27N3O2. The smallest absolute Gasteiger partial charge is 0.248 e. The minimum absolute atomic E-state index is 0.0106. The first-order chi connectivity index (χ1) is 9.24. The number of hydrogen-bond acceptors (Lipinski definition) is 3. The number of rotatable bonds is 2. The summed E-state index contributed by atoms with van der Waals surface area (Å²) in [5.41, 5.74) is -0.786. The van der Waals surface area contributed by atoms with Crippen molar-refractivity contribution in [2.75, 3.05) is 20.1 Å². The number of likely N-dealkylation sites (tertiary alicyclic amines) is 1. The van der Waals surface area contributed by atoms with Crippen molar-refractivity contribution < 1.29 is 9.59 Å². The Morgan fingerprint density at radius 2 is 1.75 bits per heavy atom. The number of amides is 2. The Morgan fingerprint density at radius 3 is 2.25 bits per heavy atom. The molecule has 0 aromatic rings. The second-order valence-electron chi connectivity index (χ2n) is 7.05. The van der Waals surface area contributed by atoms with Crippen LogP contribution < -0.4 is 5.32 Å². The molecule has 0 saturated carbocycles. The van der Waals surface area contributed by atoms with Gasteiger partial charge in [0.1, 0.15) is 11.6 Å². The highest BCUT2D eigenvalue weighted by Gasteiger charge is 2.48. The van der Waals surface area contributed by atoms with Gasteiger partial charge in [-0.25, -0.2) is 0 Å². The highest BCUT2D eigenvalue weighted by molar-refractivity contribution is 5.99. The van der Waals surface area contributed by atoms with Crippen LogP contribution in [0.25, 0.3) is 0 Å². The van der Waals surface area contributed by atoms with Gasteiger partial charge < -0.3 is 15.1 Å². The normalized spacial score (nSPS) is 28.9. The van der Waals surface area contributed by atoms with Gasteiger partial charge in [0.2, 0.25) is 11.8 Å². The van der Waals surface area contributed by atoms with E-state index in [1.54, 1.807) is 13.8 Å². The lowest BCUT2D eigenvalue weighted by molar-refractivity contribution is -0.159. The molecule has 0 radical (unpaired) electrons. The summed E-state index contributed by atoms with van der Waals surface area (Å²) in [6, 6.07) is -0.139. The van der Waals surface area contributed by atoms with E-state index in [1.807, 2.05) is 18.7 Å². The van der Waals surface area contributed by atoms with Gasteiger partial charge in [-0.05, 0) is 52.7 Å². The zero-order valence-corrected chi connectivity index (χ0v) is 13.3. The van der Waals surface area contributed by atoms with Gasteiger partial charge in [0.05, 0.1) is 0 Å². The van der Waals surface area contributed by atoms with Crippen LogP contribution in [0.15, 0.2) is 0 Å². The van der Waals surface area contributed by atoms with E-state index in [0.717, 1.165) is 25.9 Å². The fourth-order valence-electron chi connectivity index (χ4n) is 3.30. The van der Waals surface area contributed by atoms with E-state index in [-0.39, 0.29) is 29.8 Å². The lowest BCUT2D eigenvalue weighted by Gasteiger charge is -2.49. The Balaban J connectivity index is 2.28. The van der Waals surface area contributed by atoms with Crippen LogP contribution in [0.2, 0.25) is 0 Å². The molecule has 2 amide bonds. The Hall–Kier alpha value is -1.10. The van der Waals surface area contributed by atoms with Crippen molar-refractivity contribution in [2.24, 2.45) is 5.92 Å². The zero-order valence-electron chi connectivity index (χ0n) is 13.3. The van der Waals surface area contributed by atoms with Crippen LogP contribution in [-0.4, -0.2) is 59.4 Å². The molecule has 0 spiro atoms. The van der Waals surface area contributed by atoms with Crippen LogP contribution in [0.1, 0.15) is 40.5 Å². The molecule has 2 heterocycles. The monoisotopic (exact) mass is 281 g/mol. The van der Waals surface area contributed by atoms with Crippen LogP contribution in [0.3, 0.4) is 0 Å². The molecule has 114 valence electrons. The van der Waals surface area contributed by atoms with Crippen molar-refractivity contribution in [2.45, 2.75) is 58.2 Å². The summed E-state index contributed by atoms with van der Waals surface area (Å²) >= 11 is 0. The summed E-state index contributed by atoms with van der Waals surface area (Å²) < 4.78 is 0. The largest absolute Gasteiger partial charge is 0.340 e. The minimum atomic E-state index is -0.786. The van der Waals surface area contributed by atoms with Crippen molar-refractivity contribution in [3.63, 3.8) is 0 Å². The van der Waals surface area contributed by atoms with Crippen molar-refractivity contribution in [3.05, 3.63) is 0 Å². The SMILES string of the molecule is CC(C)C1C(=O)NC(C)(C)C(=O)N1C1CCN(C)CC1. The maximum absolute atomic E-state index is 12.8. The van der Waals surface area contributed by atoms with Crippen molar-refractivity contribution in [1.82, 2.24) is 15.1 Å². The maximum atomic E-state index is 12.8. The molecule has 2 fully saturated rings. The highest BCUT2D eigenvalue weighted by Crippen LogP contribution is 2.28. The van der Waals surface area contributed by atoms with Gasteiger partial charge in [-0.1, -0.05) is 13.8 Å². The third-order valence-corrected chi connectivity index (χ3v) is 4.49. The second-order valence-corrected chi connectivity index (χ2v) is 7.05. The van der Waals surface area contributed by atoms with Crippen LogP contribution in [-0.2, 0) is 9.59 Å². The third kappa shape index (κ3) is 2.68. The zero-order chi connectivity index (χ0) is 15.1. The molecule has 2 saturated heterocycles. The van der Waals surface area contributed by atoms with Gasteiger partial charge >= 0.3 is 0 Å². The Labute approximate surface area is 121 Å². The first kappa shape index (κ1) is 15.3. The number of carbonyl (C=O) groups excluding carboxylic acids is 2. The Kier molecular flexibility index (Phi) is 4.09. The number of piperidine rings is 1. The molecule has 5 nitrogen and oxygen atoms in total. The topological polar surface area (TPSA) is 52.7 Å². The van der Waals surface area contributed by atoms with E-state index in [9.17, 15) is 9.59 Å². The van der Waals surface area contributed by atoms with Crippen molar-refractivity contribution in [1.29, 1.82) is 0 Å². The first-order valence-electron chi connectivity index (χ1n) is 7.57. The lowest BCUT2D eigenvalue weighted by Crippen LogP contribution is -2.71. The van der Waals surface area contributed by atoms with Gasteiger partial charge in [-0.3, -0.25) is 9.59 Å². The van der Waals surface area contributed by atoms with Crippen LogP contribution in [0.5, 0.6) is 0 Å². The molecule has 1 atom stereocenters. The third-order valence-electron chi connectivity index (χ3n) is 4.49. The Morgan fingerprint density at radius 1 is 1.20 bits per heavy atom. The van der Waals surface area contributed by atoms with E-state index < -0.39 is 5.54 Å². The fourth-order valence-corrected chi connectivity index (χ4v) is 3.30. The number of carbonyl (C=O) groups is 2. The second kappa shape index (κ2) is 5.35. The molecule has 2 aliphatic rings. The summed E-state index contributed by atoms with van der Waals surface area (Å²) in [5, 5.41) is 2.87. The highest BCUT2D eigenvalue weighted by atomic mass is 16.2. The molecule has 2 rings (SSSR count). The van der Waals surface area contributed by atoms with E-state index >= 15 is 0 Å². The van der Waals surface area contributed by atoms with E-state index in [1.165, 1.54) is 0 Å². The fraction of sp³-hybridized carbons (Fsp3) is 0.867. The lowest BCUT2D eigenvalue weighted by atomic mass is 9.88. The maximum Gasteiger partial charge on any atom is 0.248 e. The molecular weight excluding hydrogens is 254 g/mol. The number of nitrogens with zero attached hydrogens (tertiary/aromatic N) is 2. The average molecular weight is 281 g/mol. The summed E-state index contributed by atoms with van der Waals surface area (Å²) in [6.07, 6.45) is 1.91. The van der Waals surface area contributed by atoms with E-state index in [0.29, 0.717) is 0 Å².